The number of carboxylic acids is 1. The van der Waals surface area contributed by atoms with Crippen LogP contribution < -0.4 is 26.6 Å². The number of hydrogen-bond donors (Lipinski definition) is 3. The van der Waals surface area contributed by atoms with E-state index in [1.165, 1.54) is 6.20 Å². The van der Waals surface area contributed by atoms with Crippen LogP contribution in [0.3, 0.4) is 0 Å². The van der Waals surface area contributed by atoms with Crippen molar-refractivity contribution in [1.82, 2.24) is 19.8 Å². The van der Waals surface area contributed by atoms with E-state index in [0.29, 0.717) is 0 Å². The zero-order chi connectivity index (χ0) is 29.5. The lowest BCUT2D eigenvalue weighted by Gasteiger charge is -2.27. The molecule has 0 aliphatic carbocycles. The van der Waals surface area contributed by atoms with E-state index in [9.17, 15) is 19.2 Å². The highest BCUT2D eigenvalue weighted by atomic mass is 16.5. The Labute approximate surface area is 236 Å². The zero-order valence-electron chi connectivity index (χ0n) is 23.0. The number of aryl methyl sites for hydroxylation is 1. The maximum absolute atomic E-state index is 13.4. The van der Waals surface area contributed by atoms with Gasteiger partial charge < -0.3 is 15.2 Å². The van der Waals surface area contributed by atoms with Crippen LogP contribution in [0, 0.1) is 6.92 Å². The number of rotatable bonds is 11. The van der Waals surface area contributed by atoms with Crippen LogP contribution in [-0.2, 0) is 16.1 Å². The molecule has 4 aromatic rings. The highest BCUT2D eigenvalue weighted by molar-refractivity contribution is 5.80. The Hall–Kier alpha value is -4.96. The van der Waals surface area contributed by atoms with Gasteiger partial charge in [0.05, 0.1) is 19.3 Å². The van der Waals surface area contributed by atoms with E-state index in [2.05, 4.69) is 10.6 Å². The topological polar surface area (TPSA) is 132 Å². The van der Waals surface area contributed by atoms with Crippen molar-refractivity contribution < 1.29 is 19.4 Å². The Balaban J connectivity index is 1.75. The van der Waals surface area contributed by atoms with Crippen LogP contribution in [0.5, 0.6) is 5.75 Å². The van der Waals surface area contributed by atoms with Crippen LogP contribution in [0.1, 0.15) is 35.8 Å². The largest absolute Gasteiger partial charge is 0.497 e. The van der Waals surface area contributed by atoms with Crippen LogP contribution in [-0.4, -0.2) is 39.8 Å². The maximum Gasteiger partial charge on any atom is 0.332 e. The summed E-state index contributed by atoms with van der Waals surface area (Å²) < 4.78 is 7.50. The molecule has 212 valence electrons. The standard InChI is InChI=1S/C31H32N4O6/c1-20-18-34(19-27(36)32-17-28(37)38)31(40)35(30(20)39)21(2)33-29(23-9-5-4-6-10-23)26-12-8-7-11-25(26)22-13-15-24(41-3)16-14-22/h4-16,18,21,29,33H,17,19H2,1-3H3,(H,32,36)(H,37,38). The Kier molecular flexibility index (Phi) is 9.15. The van der Waals surface area contributed by atoms with Crippen molar-refractivity contribution in [1.29, 1.82) is 0 Å². The van der Waals surface area contributed by atoms with Crippen molar-refractivity contribution >= 4 is 11.9 Å². The lowest BCUT2D eigenvalue weighted by Crippen LogP contribution is -2.48. The average molecular weight is 557 g/mol. The fraction of sp³-hybridized carbons (Fsp3) is 0.226. The molecule has 0 aliphatic heterocycles. The molecule has 0 spiro atoms. The van der Waals surface area contributed by atoms with Crippen LogP contribution in [0.4, 0.5) is 0 Å². The minimum atomic E-state index is -1.20. The number of hydrogen-bond acceptors (Lipinski definition) is 6. The van der Waals surface area contributed by atoms with E-state index in [1.807, 2.05) is 78.9 Å². The van der Waals surface area contributed by atoms with Crippen LogP contribution in [0.2, 0.25) is 0 Å². The molecule has 0 bridgehead atoms. The Bertz CT molecular complexity index is 1640. The SMILES string of the molecule is COc1ccc(-c2ccccc2C(NC(C)n2c(=O)c(C)cn(CC(=O)NCC(=O)O)c2=O)c2ccccc2)cc1. The number of aliphatic carboxylic acids is 1. The number of carbonyl (C=O) groups excluding carboxylic acids is 1. The monoisotopic (exact) mass is 556 g/mol. The molecule has 0 fully saturated rings. The van der Waals surface area contributed by atoms with Gasteiger partial charge in [0.15, 0.2) is 0 Å². The van der Waals surface area contributed by atoms with Crippen molar-refractivity contribution in [3.05, 3.63) is 123 Å². The third kappa shape index (κ3) is 6.79. The quantitative estimate of drug-likeness (QED) is 0.259. The first kappa shape index (κ1) is 29.0. The second-order valence-electron chi connectivity index (χ2n) is 9.57. The van der Waals surface area contributed by atoms with Crippen molar-refractivity contribution in [3.63, 3.8) is 0 Å². The third-order valence-corrected chi connectivity index (χ3v) is 6.71. The van der Waals surface area contributed by atoms with Gasteiger partial charge in [-0.15, -0.1) is 0 Å². The first-order chi connectivity index (χ1) is 19.7. The molecule has 3 aromatic carbocycles. The van der Waals surface area contributed by atoms with Gasteiger partial charge in [0.2, 0.25) is 5.91 Å². The van der Waals surface area contributed by atoms with Crippen molar-refractivity contribution in [3.8, 4) is 16.9 Å². The van der Waals surface area contributed by atoms with Gasteiger partial charge in [-0.1, -0.05) is 66.7 Å². The molecule has 0 radical (unpaired) electrons. The molecule has 2 atom stereocenters. The van der Waals surface area contributed by atoms with Gasteiger partial charge >= 0.3 is 11.7 Å². The molecule has 3 N–H and O–H groups in total. The number of benzene rings is 3. The van der Waals surface area contributed by atoms with Gasteiger partial charge in [-0.2, -0.15) is 0 Å². The van der Waals surface area contributed by atoms with Gasteiger partial charge in [0.25, 0.3) is 5.56 Å². The predicted molar refractivity (Wildman–Crippen MR) is 155 cm³/mol. The maximum atomic E-state index is 13.4. The summed E-state index contributed by atoms with van der Waals surface area (Å²) in [4.78, 5) is 49.7. The molecule has 0 saturated carbocycles. The second kappa shape index (κ2) is 12.9. The van der Waals surface area contributed by atoms with Gasteiger partial charge in [0.1, 0.15) is 18.8 Å². The number of nitrogens with zero attached hydrogens (tertiary/aromatic N) is 2. The third-order valence-electron chi connectivity index (χ3n) is 6.71. The highest BCUT2D eigenvalue weighted by Crippen LogP contribution is 2.33. The molecule has 10 nitrogen and oxygen atoms in total. The molecule has 2 unspecified atom stereocenters. The minimum absolute atomic E-state index is 0.263. The number of nitrogens with one attached hydrogen (secondary N) is 2. The summed E-state index contributed by atoms with van der Waals surface area (Å²) in [6.07, 6.45) is 0.527. The normalized spacial score (nSPS) is 12.4. The minimum Gasteiger partial charge on any atom is -0.497 e. The number of aromatic nitrogens is 2. The van der Waals surface area contributed by atoms with Gasteiger partial charge in [-0.05, 0) is 48.2 Å². The number of amides is 1. The fourth-order valence-corrected chi connectivity index (χ4v) is 4.71. The summed E-state index contributed by atoms with van der Waals surface area (Å²) in [5.41, 5.74) is 2.87. The zero-order valence-corrected chi connectivity index (χ0v) is 23.0. The lowest BCUT2D eigenvalue weighted by molar-refractivity contribution is -0.138. The predicted octanol–water partition coefficient (Wildman–Crippen LogP) is 3.09. The van der Waals surface area contributed by atoms with Crippen molar-refractivity contribution in [2.75, 3.05) is 13.7 Å². The molecule has 0 aliphatic rings. The first-order valence-corrected chi connectivity index (χ1v) is 13.0. The number of carboxylic acid groups (broad SMARTS) is 1. The van der Waals surface area contributed by atoms with Gasteiger partial charge in [-0.3, -0.25) is 24.3 Å². The smallest absolute Gasteiger partial charge is 0.332 e. The molecule has 1 amide bonds. The summed E-state index contributed by atoms with van der Waals surface area (Å²) in [6, 6.07) is 24.9. The second-order valence-corrected chi connectivity index (χ2v) is 9.57. The molecule has 4 rings (SSSR count). The first-order valence-electron chi connectivity index (χ1n) is 13.0. The van der Waals surface area contributed by atoms with E-state index < -0.39 is 48.4 Å². The van der Waals surface area contributed by atoms with E-state index >= 15 is 0 Å². The molecule has 1 heterocycles. The Morgan fingerprint density at radius 1 is 0.951 bits per heavy atom. The van der Waals surface area contributed by atoms with E-state index in [4.69, 9.17) is 9.84 Å². The molecule has 1 aromatic heterocycles. The summed E-state index contributed by atoms with van der Waals surface area (Å²) in [6.45, 7) is 2.27. The lowest BCUT2D eigenvalue weighted by atomic mass is 9.90. The number of ether oxygens (including phenoxy) is 1. The molecule has 10 heteroatoms. The van der Waals surface area contributed by atoms with Gasteiger partial charge in [-0.25, -0.2) is 9.36 Å². The average Bonchev–Trinajstić information content (AvgIpc) is 2.98. The summed E-state index contributed by atoms with van der Waals surface area (Å²) in [7, 11) is 1.61. The molecular formula is C31H32N4O6. The molecule has 41 heavy (non-hydrogen) atoms. The van der Waals surface area contributed by atoms with Gasteiger partial charge in [0, 0.05) is 11.8 Å². The van der Waals surface area contributed by atoms with Crippen molar-refractivity contribution in [2.24, 2.45) is 0 Å². The summed E-state index contributed by atoms with van der Waals surface area (Å²) >= 11 is 0. The summed E-state index contributed by atoms with van der Waals surface area (Å²) in [5, 5.41) is 14.5. The van der Waals surface area contributed by atoms with Crippen LogP contribution >= 0.6 is 0 Å². The van der Waals surface area contributed by atoms with Crippen LogP contribution in [0.25, 0.3) is 11.1 Å². The highest BCUT2D eigenvalue weighted by Gasteiger charge is 2.23. The van der Waals surface area contributed by atoms with Crippen LogP contribution in [0.15, 0.2) is 94.6 Å². The van der Waals surface area contributed by atoms with Crippen molar-refractivity contribution in [2.45, 2.75) is 32.6 Å². The Morgan fingerprint density at radius 3 is 2.27 bits per heavy atom. The fourth-order valence-electron chi connectivity index (χ4n) is 4.71. The van der Waals surface area contributed by atoms with E-state index in [1.54, 1.807) is 21.0 Å². The summed E-state index contributed by atoms with van der Waals surface area (Å²) in [5.74, 6) is -1.12. The van der Waals surface area contributed by atoms with E-state index in [-0.39, 0.29) is 5.56 Å². The Morgan fingerprint density at radius 2 is 1.61 bits per heavy atom. The number of methoxy groups -OCH3 is 1. The molecule has 0 saturated heterocycles. The molecular weight excluding hydrogens is 524 g/mol. The van der Waals surface area contributed by atoms with E-state index in [0.717, 1.165) is 37.1 Å². The number of carbonyl (C=O) groups is 2.